The summed E-state index contributed by atoms with van der Waals surface area (Å²) in [5.74, 6) is -9.76. The second-order valence-electron chi connectivity index (χ2n) is 13.0. The molecule has 0 saturated heterocycles. The average Bonchev–Trinajstić information content (AvgIpc) is 3.23. The van der Waals surface area contributed by atoms with Crippen LogP contribution in [0.2, 0.25) is 0 Å². The molecule has 0 N–H and O–H groups in total. The Labute approximate surface area is 309 Å². The van der Waals surface area contributed by atoms with Crippen molar-refractivity contribution in [1.82, 2.24) is 0 Å². The van der Waals surface area contributed by atoms with Crippen LogP contribution in [0.3, 0.4) is 0 Å². The predicted octanol–water partition coefficient (Wildman–Crippen LogP) is 8.54. The van der Waals surface area contributed by atoms with Crippen molar-refractivity contribution >= 4 is 51.2 Å². The van der Waals surface area contributed by atoms with Crippen molar-refractivity contribution < 1.29 is 22.0 Å². The molecule has 266 valence electrons. The molecule has 7 aromatic carbocycles. The van der Waals surface area contributed by atoms with Crippen molar-refractivity contribution in [3.63, 3.8) is 0 Å². The van der Waals surface area contributed by atoms with Crippen molar-refractivity contribution in [3.8, 4) is 0 Å². The molecule has 0 radical (unpaired) electrons. The molecule has 0 unspecified atom stereocenters. The monoisotopic (exact) mass is 728 g/mol. The third-order valence-electron chi connectivity index (χ3n) is 10.0. The lowest BCUT2D eigenvalue weighted by Crippen LogP contribution is -2.76. The molecule has 0 spiro atoms. The van der Waals surface area contributed by atoms with Gasteiger partial charge < -0.3 is 0 Å². The van der Waals surface area contributed by atoms with Crippen LogP contribution >= 0.6 is 7.26 Å². The normalized spacial score (nSPS) is 11.4. The molecule has 0 bridgehead atoms. The first-order valence-electron chi connectivity index (χ1n) is 17.8. The van der Waals surface area contributed by atoms with Crippen LogP contribution in [0.25, 0.3) is 0 Å². The van der Waals surface area contributed by atoms with E-state index in [1.165, 1.54) is 34.9 Å². The number of hydrogen-bond donors (Lipinski definition) is 0. The van der Waals surface area contributed by atoms with E-state index in [0.29, 0.717) is 16.4 Å². The largest absolute Gasteiger partial charge is 0.207 e. The van der Waals surface area contributed by atoms with Gasteiger partial charge in [0, 0.05) is 0 Å². The van der Waals surface area contributed by atoms with Gasteiger partial charge in [0.05, 0.1) is 6.16 Å². The number of hydrogen-bond acceptors (Lipinski definition) is 0. The SMILES string of the molecule is CCCC[P+](c1ccccc1)(c1ccccc1)c1ccccc1.Fc1c(F)c(F)c([B-](c2ccccc2)(c2ccccc2)c2ccccc2)c(F)c1F. The van der Waals surface area contributed by atoms with Crippen molar-refractivity contribution in [3.05, 3.63) is 211 Å². The Balaban J connectivity index is 0.000000188. The summed E-state index contributed by atoms with van der Waals surface area (Å²) in [4.78, 5) is 0. The summed E-state index contributed by atoms with van der Waals surface area (Å²) in [6.45, 7) is 2.29. The second kappa shape index (κ2) is 17.0. The van der Waals surface area contributed by atoms with Crippen LogP contribution in [0.15, 0.2) is 182 Å². The number of rotatable bonds is 10. The Bertz CT molecular complexity index is 1980. The van der Waals surface area contributed by atoms with Crippen molar-refractivity contribution in [2.24, 2.45) is 0 Å². The van der Waals surface area contributed by atoms with Crippen LogP contribution in [0.4, 0.5) is 22.0 Å². The Morgan fingerprint density at radius 3 is 0.925 bits per heavy atom. The first-order chi connectivity index (χ1) is 25.9. The zero-order valence-corrected chi connectivity index (χ0v) is 30.3. The highest BCUT2D eigenvalue weighted by Crippen LogP contribution is 2.55. The van der Waals surface area contributed by atoms with E-state index < -0.39 is 48.0 Å². The van der Waals surface area contributed by atoms with E-state index in [9.17, 15) is 13.2 Å². The number of unbranched alkanes of at least 4 members (excludes halogenated alkanes) is 1. The minimum atomic E-state index is -2.72. The third-order valence-corrected chi connectivity index (χ3v) is 14.5. The molecule has 7 aromatic rings. The van der Waals surface area contributed by atoms with E-state index in [4.69, 9.17) is 0 Å². The fourth-order valence-electron chi connectivity index (χ4n) is 7.58. The van der Waals surface area contributed by atoms with Gasteiger partial charge in [0.2, 0.25) is 0 Å². The van der Waals surface area contributed by atoms with E-state index in [2.05, 4.69) is 97.9 Å². The van der Waals surface area contributed by atoms with Gasteiger partial charge in [0.1, 0.15) is 41.0 Å². The fraction of sp³-hybridized carbons (Fsp3) is 0.0870. The van der Waals surface area contributed by atoms with E-state index in [0.717, 1.165) is 0 Å². The smallest absolute Gasteiger partial charge is 0.200 e. The standard InChI is InChI=1S/C24H15BF5.C22H24P/c26-20-19(21(27)23(29)24(30)22(20)28)25(16-10-4-1-5-11-16,17-12-6-2-7-13-17)18-14-8-3-9-15-18;1-2-3-19-23(20-13-7-4-8-14-20,21-15-9-5-10-16-21)22-17-11-6-12-18-22/h1-15H;4-18H,2-3,19H2,1H3/q-1;+1. The Kier molecular flexibility index (Phi) is 12.0. The second-order valence-corrected chi connectivity index (χ2v) is 16.6. The molecule has 0 heterocycles. The van der Waals surface area contributed by atoms with E-state index in [-0.39, 0.29) is 0 Å². The van der Waals surface area contributed by atoms with Gasteiger partial charge in [-0.1, -0.05) is 159 Å². The van der Waals surface area contributed by atoms with E-state index in [1.54, 1.807) is 91.0 Å². The number of halogens is 5. The lowest BCUT2D eigenvalue weighted by molar-refractivity contribution is 0.384. The molecule has 7 heteroatoms. The van der Waals surface area contributed by atoms with Crippen LogP contribution in [-0.2, 0) is 0 Å². The Morgan fingerprint density at radius 2 is 0.642 bits per heavy atom. The summed E-state index contributed by atoms with van der Waals surface area (Å²) >= 11 is 0. The molecule has 53 heavy (non-hydrogen) atoms. The first kappa shape index (κ1) is 37.4. The molecule has 0 amide bonds. The highest BCUT2D eigenvalue weighted by atomic mass is 31.2. The van der Waals surface area contributed by atoms with Crippen molar-refractivity contribution in [1.29, 1.82) is 0 Å². The summed E-state index contributed by atoms with van der Waals surface area (Å²) in [5.41, 5.74) is 0.435. The molecule has 7 rings (SSSR count). The zero-order valence-electron chi connectivity index (χ0n) is 29.4. The first-order valence-corrected chi connectivity index (χ1v) is 19.7. The lowest BCUT2D eigenvalue weighted by Gasteiger charge is -2.44. The molecule has 0 saturated carbocycles. The summed E-state index contributed by atoms with van der Waals surface area (Å²) in [6, 6.07) is 58.4. The minimum Gasteiger partial charge on any atom is -0.207 e. The van der Waals surface area contributed by atoms with Crippen LogP contribution in [0, 0.1) is 29.1 Å². The van der Waals surface area contributed by atoms with Gasteiger partial charge >= 0.3 is 0 Å². The van der Waals surface area contributed by atoms with Crippen LogP contribution in [-0.4, -0.2) is 12.3 Å². The summed E-state index contributed by atoms with van der Waals surface area (Å²) < 4.78 is 73.0. The molecule has 0 aliphatic heterocycles. The summed E-state index contributed by atoms with van der Waals surface area (Å²) in [5, 5.41) is 4.47. The molecule has 0 nitrogen and oxygen atoms in total. The van der Waals surface area contributed by atoms with Crippen molar-refractivity contribution in [2.75, 3.05) is 6.16 Å². The van der Waals surface area contributed by atoms with Gasteiger partial charge in [-0.3, -0.25) is 0 Å². The fourth-order valence-corrected chi connectivity index (χ4v) is 12.1. The maximum atomic E-state index is 15.2. The maximum Gasteiger partial charge on any atom is 0.200 e. The van der Waals surface area contributed by atoms with Crippen LogP contribution in [0.5, 0.6) is 0 Å². The molecular formula is C46H39BF5P. The average molecular weight is 729 g/mol. The molecule has 0 fully saturated rings. The Hall–Kier alpha value is -5.32. The predicted molar refractivity (Wildman–Crippen MR) is 215 cm³/mol. The van der Waals surface area contributed by atoms with Crippen LogP contribution < -0.4 is 37.8 Å². The van der Waals surface area contributed by atoms with Crippen molar-refractivity contribution in [2.45, 2.75) is 19.8 Å². The highest BCUT2D eigenvalue weighted by molar-refractivity contribution is 7.95. The summed E-state index contributed by atoms with van der Waals surface area (Å²) in [7, 11) is -1.57. The maximum absolute atomic E-state index is 15.2. The molecular weight excluding hydrogens is 689 g/mol. The topological polar surface area (TPSA) is 0 Å². The van der Waals surface area contributed by atoms with Gasteiger partial charge in [0.15, 0.2) is 17.5 Å². The Morgan fingerprint density at radius 1 is 0.377 bits per heavy atom. The molecule has 0 aliphatic rings. The minimum absolute atomic E-state index is 0.429. The third kappa shape index (κ3) is 7.21. The van der Waals surface area contributed by atoms with E-state index >= 15 is 8.78 Å². The summed E-state index contributed by atoms with van der Waals surface area (Å²) in [6.07, 6.45) is 1.01. The molecule has 0 atom stereocenters. The van der Waals surface area contributed by atoms with Gasteiger partial charge in [0.25, 0.3) is 0 Å². The van der Waals surface area contributed by atoms with Gasteiger partial charge in [-0.15, -0.1) is 5.46 Å². The van der Waals surface area contributed by atoms with Gasteiger partial charge in [-0.2, -0.15) is 16.4 Å². The number of benzene rings is 7. The zero-order chi connectivity index (χ0) is 37.3. The molecule has 0 aliphatic carbocycles. The van der Waals surface area contributed by atoms with Gasteiger partial charge in [-0.05, 0) is 42.8 Å². The van der Waals surface area contributed by atoms with Gasteiger partial charge in [-0.25, -0.2) is 22.0 Å². The highest BCUT2D eigenvalue weighted by Gasteiger charge is 2.44. The quantitative estimate of drug-likeness (QED) is 0.0436. The molecule has 0 aromatic heterocycles. The lowest BCUT2D eigenvalue weighted by atomic mass is 9.13. The van der Waals surface area contributed by atoms with Crippen LogP contribution in [0.1, 0.15) is 19.8 Å². The van der Waals surface area contributed by atoms with E-state index in [1.807, 2.05) is 0 Å².